The second-order valence-electron chi connectivity index (χ2n) is 4.68. The number of hydrazine groups is 1. The minimum absolute atomic E-state index is 0.248. The van der Waals surface area contributed by atoms with E-state index in [9.17, 15) is 9.59 Å². The number of nitrogens with zero attached hydrogens (tertiary/aromatic N) is 1. The number of nitrogens with two attached hydrogens (primary N) is 2. The number of carbonyl (C=O) groups is 2. The van der Waals surface area contributed by atoms with Crippen LogP contribution in [-0.2, 0) is 11.4 Å². The molecule has 0 aliphatic carbocycles. The van der Waals surface area contributed by atoms with E-state index in [-0.39, 0.29) is 6.54 Å². The van der Waals surface area contributed by atoms with Gasteiger partial charge in [0, 0.05) is 0 Å². The van der Waals surface area contributed by atoms with E-state index in [0.717, 1.165) is 10.6 Å². The molecule has 0 radical (unpaired) electrons. The zero-order valence-electron chi connectivity index (χ0n) is 12.4. The third-order valence-electron chi connectivity index (χ3n) is 2.99. The second-order valence-corrected chi connectivity index (χ2v) is 4.68. The van der Waals surface area contributed by atoms with Gasteiger partial charge in [-0.05, 0) is 29.8 Å². The predicted octanol–water partition coefficient (Wildman–Crippen LogP) is 1.14. The first-order valence-corrected chi connectivity index (χ1v) is 6.96. The number of carbonyl (C=O) groups excluding carboxylic acids is 2. The van der Waals surface area contributed by atoms with Gasteiger partial charge < -0.3 is 16.2 Å². The number of primary amides is 1. The number of nitrogens with one attached hydrogen (secondary N) is 1. The van der Waals surface area contributed by atoms with E-state index < -0.39 is 11.9 Å². The Kier molecular flexibility index (Phi) is 5.54. The summed E-state index contributed by atoms with van der Waals surface area (Å²) in [6.45, 7) is 0.186. The van der Waals surface area contributed by atoms with Crippen LogP contribution in [0.1, 0.15) is 5.56 Å². The van der Waals surface area contributed by atoms with Crippen molar-refractivity contribution in [3.8, 4) is 5.75 Å². The van der Waals surface area contributed by atoms with Gasteiger partial charge in [-0.3, -0.25) is 10.2 Å². The van der Waals surface area contributed by atoms with E-state index in [1.807, 2.05) is 30.3 Å². The molecule has 0 aliphatic heterocycles. The van der Waals surface area contributed by atoms with Crippen molar-refractivity contribution in [2.24, 2.45) is 11.5 Å². The number of amides is 3. The summed E-state index contributed by atoms with van der Waals surface area (Å²) in [6.07, 6.45) is 0. The highest BCUT2D eigenvalue weighted by atomic mass is 16.5. The lowest BCUT2D eigenvalue weighted by molar-refractivity contribution is -0.119. The van der Waals surface area contributed by atoms with Gasteiger partial charge in [0.25, 0.3) is 5.91 Å². The molecule has 0 bridgehead atoms. The molecule has 5 N–H and O–H groups in total. The molecule has 0 unspecified atom stereocenters. The maximum atomic E-state index is 11.4. The summed E-state index contributed by atoms with van der Waals surface area (Å²) in [5.74, 6) is 0.111. The van der Waals surface area contributed by atoms with Crippen LogP contribution in [0.2, 0.25) is 0 Å². The van der Waals surface area contributed by atoms with Crippen molar-refractivity contribution in [3.63, 3.8) is 0 Å². The van der Waals surface area contributed by atoms with Crippen LogP contribution in [0.5, 0.6) is 5.75 Å². The quantitative estimate of drug-likeness (QED) is 0.719. The number of ether oxygens (including phenoxy) is 1. The lowest BCUT2D eigenvalue weighted by Crippen LogP contribution is -2.50. The van der Waals surface area contributed by atoms with E-state index in [4.69, 9.17) is 16.2 Å². The normalized spacial score (nSPS) is 9.96. The highest BCUT2D eigenvalue weighted by molar-refractivity contribution is 5.94. The molecular formula is C16H18N4O3. The molecular weight excluding hydrogens is 296 g/mol. The molecule has 0 heterocycles. The maximum Gasteiger partial charge on any atom is 0.338 e. The maximum absolute atomic E-state index is 11.4. The van der Waals surface area contributed by atoms with Crippen LogP contribution in [0.25, 0.3) is 0 Å². The van der Waals surface area contributed by atoms with Crippen LogP contribution >= 0.6 is 0 Å². The molecule has 0 spiro atoms. The number of hydrogen-bond acceptors (Lipinski definition) is 4. The average molecular weight is 314 g/mol. The molecule has 0 atom stereocenters. The standard InChI is InChI=1S/C16H18N4O3/c17-10-15(21)19-20(16(18)22)13-6-8-14(9-7-13)23-11-12-4-2-1-3-5-12/h1-9H,10-11,17H2,(H2,18,22)(H,19,21). The molecule has 2 rings (SSSR count). The molecule has 120 valence electrons. The summed E-state index contributed by atoms with van der Waals surface area (Å²) in [5, 5.41) is 0.927. The molecule has 0 aromatic heterocycles. The van der Waals surface area contributed by atoms with Crippen molar-refractivity contribution >= 4 is 17.6 Å². The highest BCUT2D eigenvalue weighted by Crippen LogP contribution is 2.19. The molecule has 2 aromatic carbocycles. The number of rotatable bonds is 5. The Morgan fingerprint density at radius 3 is 2.26 bits per heavy atom. The minimum Gasteiger partial charge on any atom is -0.489 e. The predicted molar refractivity (Wildman–Crippen MR) is 86.5 cm³/mol. The Labute approximate surface area is 133 Å². The first-order chi connectivity index (χ1) is 11.1. The van der Waals surface area contributed by atoms with E-state index in [0.29, 0.717) is 18.0 Å². The van der Waals surface area contributed by atoms with Gasteiger partial charge in [-0.2, -0.15) is 0 Å². The van der Waals surface area contributed by atoms with Crippen molar-refractivity contribution < 1.29 is 14.3 Å². The first-order valence-electron chi connectivity index (χ1n) is 6.96. The van der Waals surface area contributed by atoms with Gasteiger partial charge in [0.15, 0.2) is 0 Å². The zero-order valence-corrected chi connectivity index (χ0v) is 12.4. The third-order valence-corrected chi connectivity index (χ3v) is 2.99. The van der Waals surface area contributed by atoms with Crippen molar-refractivity contribution in [2.75, 3.05) is 11.6 Å². The van der Waals surface area contributed by atoms with Crippen LogP contribution in [0.4, 0.5) is 10.5 Å². The lowest BCUT2D eigenvalue weighted by atomic mass is 10.2. The highest BCUT2D eigenvalue weighted by Gasteiger charge is 2.14. The van der Waals surface area contributed by atoms with Crippen molar-refractivity contribution in [3.05, 3.63) is 60.2 Å². The summed E-state index contributed by atoms with van der Waals surface area (Å²) in [5.41, 5.74) is 14.2. The summed E-state index contributed by atoms with van der Waals surface area (Å²) in [6, 6.07) is 15.5. The van der Waals surface area contributed by atoms with Gasteiger partial charge in [-0.15, -0.1) is 0 Å². The summed E-state index contributed by atoms with van der Waals surface area (Å²) in [4.78, 5) is 22.7. The Morgan fingerprint density at radius 2 is 1.70 bits per heavy atom. The van der Waals surface area contributed by atoms with Gasteiger partial charge in [-0.1, -0.05) is 30.3 Å². The Morgan fingerprint density at radius 1 is 1.04 bits per heavy atom. The fourth-order valence-corrected chi connectivity index (χ4v) is 1.85. The van der Waals surface area contributed by atoms with Gasteiger partial charge in [-0.25, -0.2) is 9.80 Å². The zero-order chi connectivity index (χ0) is 16.7. The molecule has 0 saturated carbocycles. The SMILES string of the molecule is NCC(=O)NN(C(N)=O)c1ccc(OCc2ccccc2)cc1. The lowest BCUT2D eigenvalue weighted by Gasteiger charge is -2.21. The third kappa shape index (κ3) is 4.72. The number of hydrogen-bond donors (Lipinski definition) is 3. The van der Waals surface area contributed by atoms with E-state index in [2.05, 4.69) is 5.43 Å². The smallest absolute Gasteiger partial charge is 0.338 e. The van der Waals surface area contributed by atoms with Crippen LogP contribution in [-0.4, -0.2) is 18.5 Å². The van der Waals surface area contributed by atoms with E-state index in [1.165, 1.54) is 0 Å². The first kappa shape index (κ1) is 16.3. The van der Waals surface area contributed by atoms with Crippen LogP contribution < -0.4 is 26.6 Å². The van der Waals surface area contributed by atoms with E-state index >= 15 is 0 Å². The summed E-state index contributed by atoms with van der Waals surface area (Å²) < 4.78 is 5.65. The van der Waals surface area contributed by atoms with Gasteiger partial charge >= 0.3 is 6.03 Å². The molecule has 0 saturated heterocycles. The molecule has 23 heavy (non-hydrogen) atoms. The van der Waals surface area contributed by atoms with Crippen molar-refractivity contribution in [2.45, 2.75) is 6.61 Å². The van der Waals surface area contributed by atoms with Crippen molar-refractivity contribution in [1.82, 2.24) is 5.43 Å². The molecule has 0 fully saturated rings. The molecule has 7 heteroatoms. The van der Waals surface area contributed by atoms with Crippen molar-refractivity contribution in [1.29, 1.82) is 0 Å². The fraction of sp³-hybridized carbons (Fsp3) is 0.125. The van der Waals surface area contributed by atoms with Crippen LogP contribution in [0.15, 0.2) is 54.6 Å². The number of anilines is 1. The van der Waals surface area contributed by atoms with Gasteiger partial charge in [0.2, 0.25) is 0 Å². The Hall–Kier alpha value is -3.06. The van der Waals surface area contributed by atoms with Gasteiger partial charge in [0.05, 0.1) is 12.2 Å². The molecule has 2 aromatic rings. The number of benzene rings is 2. The second kappa shape index (κ2) is 7.81. The molecule has 3 amide bonds. The Bertz CT molecular complexity index is 659. The average Bonchev–Trinajstić information content (AvgIpc) is 2.59. The largest absolute Gasteiger partial charge is 0.489 e. The summed E-state index contributed by atoms with van der Waals surface area (Å²) in [7, 11) is 0. The van der Waals surface area contributed by atoms with Crippen LogP contribution in [0, 0.1) is 0 Å². The topological polar surface area (TPSA) is 111 Å². The van der Waals surface area contributed by atoms with Gasteiger partial charge in [0.1, 0.15) is 12.4 Å². The number of urea groups is 1. The summed E-state index contributed by atoms with van der Waals surface area (Å²) >= 11 is 0. The Balaban J connectivity index is 2.02. The monoisotopic (exact) mass is 314 g/mol. The fourth-order valence-electron chi connectivity index (χ4n) is 1.85. The molecule has 0 aliphatic rings. The van der Waals surface area contributed by atoms with Crippen LogP contribution in [0.3, 0.4) is 0 Å². The van der Waals surface area contributed by atoms with E-state index in [1.54, 1.807) is 24.3 Å². The molecule has 7 nitrogen and oxygen atoms in total. The minimum atomic E-state index is -0.815.